The molecule has 2 aromatic carbocycles. The molecule has 1 heterocycles. The van der Waals surface area contributed by atoms with E-state index < -0.39 is 0 Å². The van der Waals surface area contributed by atoms with Crippen LogP contribution in [-0.4, -0.2) is 41.4 Å². The number of aromatic hydroxyl groups is 1. The van der Waals surface area contributed by atoms with Gasteiger partial charge in [-0.15, -0.1) is 0 Å². The van der Waals surface area contributed by atoms with Gasteiger partial charge in [0.1, 0.15) is 0 Å². The van der Waals surface area contributed by atoms with Crippen molar-refractivity contribution in [2.45, 2.75) is 25.5 Å². The van der Waals surface area contributed by atoms with E-state index >= 15 is 0 Å². The maximum atomic E-state index is 10.4. The van der Waals surface area contributed by atoms with Gasteiger partial charge < -0.3 is 14.9 Å². The second-order valence-corrected chi connectivity index (χ2v) is 7.42. The summed E-state index contributed by atoms with van der Waals surface area (Å²) in [6.45, 7) is 2.65. The SMILES string of the molecule is COc1ccc(CC2CN(Cc3ccccc3)CCC2O)c(Br)c1O. The third-order valence-corrected chi connectivity index (χ3v) is 5.77. The average Bonchev–Trinajstić information content (AvgIpc) is 2.63. The van der Waals surface area contributed by atoms with Crippen molar-refractivity contribution in [3.05, 3.63) is 58.1 Å². The van der Waals surface area contributed by atoms with Crippen LogP contribution >= 0.6 is 15.9 Å². The standard InChI is InChI=1S/C20H24BrNO3/c1-25-18-8-7-15(19(21)20(18)24)11-16-13-22(10-9-17(16)23)12-14-5-3-2-4-6-14/h2-8,16-17,23-24H,9-13H2,1H3. The van der Waals surface area contributed by atoms with Gasteiger partial charge in [0.2, 0.25) is 0 Å². The summed E-state index contributed by atoms with van der Waals surface area (Å²) in [5, 5.41) is 20.6. The summed E-state index contributed by atoms with van der Waals surface area (Å²) in [6.07, 6.45) is 1.17. The lowest BCUT2D eigenvalue weighted by molar-refractivity contribution is 0.0238. The van der Waals surface area contributed by atoms with Crippen molar-refractivity contribution in [2.75, 3.05) is 20.2 Å². The van der Waals surface area contributed by atoms with Crippen molar-refractivity contribution in [2.24, 2.45) is 5.92 Å². The predicted molar refractivity (Wildman–Crippen MR) is 102 cm³/mol. The number of methoxy groups -OCH3 is 1. The minimum atomic E-state index is -0.317. The molecule has 2 unspecified atom stereocenters. The van der Waals surface area contributed by atoms with E-state index in [1.54, 1.807) is 6.07 Å². The summed E-state index contributed by atoms with van der Waals surface area (Å²) in [6, 6.07) is 14.1. The molecule has 5 heteroatoms. The number of piperidine rings is 1. The molecule has 1 aliphatic heterocycles. The first kappa shape index (κ1) is 18.2. The number of ether oxygens (including phenoxy) is 1. The minimum Gasteiger partial charge on any atom is -0.503 e. The molecule has 0 aromatic heterocycles. The molecule has 0 saturated carbocycles. The quantitative estimate of drug-likeness (QED) is 0.797. The van der Waals surface area contributed by atoms with Crippen molar-refractivity contribution in [3.63, 3.8) is 0 Å². The van der Waals surface area contributed by atoms with Gasteiger partial charge in [0.15, 0.2) is 11.5 Å². The molecular weight excluding hydrogens is 382 g/mol. The Balaban J connectivity index is 1.69. The first-order valence-corrected chi connectivity index (χ1v) is 9.36. The molecule has 0 spiro atoms. The number of benzene rings is 2. The van der Waals surface area contributed by atoms with E-state index in [0.717, 1.165) is 31.6 Å². The minimum absolute atomic E-state index is 0.117. The molecule has 2 atom stereocenters. The van der Waals surface area contributed by atoms with Crippen LogP contribution in [0.4, 0.5) is 0 Å². The fraction of sp³-hybridized carbons (Fsp3) is 0.400. The van der Waals surface area contributed by atoms with Gasteiger partial charge in [-0.05, 0) is 46.0 Å². The monoisotopic (exact) mass is 405 g/mol. The van der Waals surface area contributed by atoms with Crippen LogP contribution in [0.5, 0.6) is 11.5 Å². The van der Waals surface area contributed by atoms with Gasteiger partial charge in [-0.1, -0.05) is 36.4 Å². The number of phenols is 1. The van der Waals surface area contributed by atoms with Gasteiger partial charge in [0.25, 0.3) is 0 Å². The fourth-order valence-electron chi connectivity index (χ4n) is 3.47. The normalized spacial score (nSPS) is 21.2. The number of aliphatic hydroxyl groups is 1. The third kappa shape index (κ3) is 4.35. The highest BCUT2D eigenvalue weighted by atomic mass is 79.9. The Kier molecular flexibility index (Phi) is 5.99. The van der Waals surface area contributed by atoms with Crippen LogP contribution < -0.4 is 4.74 Å². The summed E-state index contributed by atoms with van der Waals surface area (Å²) >= 11 is 3.46. The summed E-state index contributed by atoms with van der Waals surface area (Å²) in [5.41, 5.74) is 2.28. The van der Waals surface area contributed by atoms with Crippen molar-refractivity contribution in [3.8, 4) is 11.5 Å². The van der Waals surface area contributed by atoms with Crippen LogP contribution in [0.25, 0.3) is 0 Å². The molecule has 134 valence electrons. The Morgan fingerprint density at radius 2 is 1.96 bits per heavy atom. The van der Waals surface area contributed by atoms with E-state index in [4.69, 9.17) is 4.74 Å². The second kappa shape index (κ2) is 8.21. The number of rotatable bonds is 5. The number of phenolic OH excluding ortho intramolecular Hbond substituents is 1. The number of hydrogen-bond donors (Lipinski definition) is 2. The Morgan fingerprint density at radius 1 is 1.20 bits per heavy atom. The zero-order chi connectivity index (χ0) is 17.8. The molecule has 1 saturated heterocycles. The van der Waals surface area contributed by atoms with Gasteiger partial charge in [-0.2, -0.15) is 0 Å². The number of nitrogens with zero attached hydrogens (tertiary/aromatic N) is 1. The van der Waals surface area contributed by atoms with E-state index in [-0.39, 0.29) is 17.8 Å². The Labute approximate surface area is 157 Å². The molecule has 2 N–H and O–H groups in total. The summed E-state index contributed by atoms with van der Waals surface area (Å²) < 4.78 is 5.79. The molecule has 0 radical (unpaired) electrons. The van der Waals surface area contributed by atoms with Crippen molar-refractivity contribution < 1.29 is 14.9 Å². The average molecular weight is 406 g/mol. The first-order valence-electron chi connectivity index (χ1n) is 8.57. The lowest BCUT2D eigenvalue weighted by atomic mass is 9.88. The zero-order valence-electron chi connectivity index (χ0n) is 14.4. The number of hydrogen-bond acceptors (Lipinski definition) is 4. The Hall–Kier alpha value is -1.56. The highest BCUT2D eigenvalue weighted by Crippen LogP contribution is 2.38. The molecule has 1 aliphatic rings. The Bertz CT molecular complexity index is 708. The molecule has 0 bridgehead atoms. The molecule has 4 nitrogen and oxygen atoms in total. The van der Waals surface area contributed by atoms with E-state index in [2.05, 4.69) is 45.1 Å². The van der Waals surface area contributed by atoms with Gasteiger partial charge in [0.05, 0.1) is 17.7 Å². The van der Waals surface area contributed by atoms with Gasteiger partial charge in [-0.25, -0.2) is 0 Å². The van der Waals surface area contributed by atoms with Gasteiger partial charge in [0, 0.05) is 25.6 Å². The van der Waals surface area contributed by atoms with Crippen LogP contribution in [-0.2, 0) is 13.0 Å². The summed E-state index contributed by atoms with van der Waals surface area (Å²) in [7, 11) is 1.54. The lowest BCUT2D eigenvalue weighted by Crippen LogP contribution is -2.43. The third-order valence-electron chi connectivity index (χ3n) is 4.89. The van der Waals surface area contributed by atoms with E-state index in [1.165, 1.54) is 12.7 Å². The van der Waals surface area contributed by atoms with Crippen molar-refractivity contribution in [1.82, 2.24) is 4.90 Å². The molecule has 0 aliphatic carbocycles. The highest BCUT2D eigenvalue weighted by molar-refractivity contribution is 9.10. The fourth-order valence-corrected chi connectivity index (χ4v) is 3.96. The lowest BCUT2D eigenvalue weighted by Gasteiger charge is -2.36. The molecule has 25 heavy (non-hydrogen) atoms. The van der Waals surface area contributed by atoms with E-state index in [9.17, 15) is 10.2 Å². The molecule has 0 amide bonds. The molecule has 2 aromatic rings. The molecule has 1 fully saturated rings. The van der Waals surface area contributed by atoms with Crippen molar-refractivity contribution in [1.29, 1.82) is 0 Å². The molecular formula is C20H24BrNO3. The second-order valence-electron chi connectivity index (χ2n) is 6.63. The van der Waals surface area contributed by atoms with Crippen LogP contribution in [0.3, 0.4) is 0 Å². The van der Waals surface area contributed by atoms with Crippen molar-refractivity contribution >= 4 is 15.9 Å². The van der Waals surface area contributed by atoms with Crippen LogP contribution in [0.15, 0.2) is 46.9 Å². The summed E-state index contributed by atoms with van der Waals surface area (Å²) in [4.78, 5) is 2.39. The van der Waals surface area contributed by atoms with E-state index in [0.29, 0.717) is 16.6 Å². The maximum Gasteiger partial charge on any atom is 0.172 e. The number of halogens is 1. The van der Waals surface area contributed by atoms with Crippen LogP contribution in [0.1, 0.15) is 17.5 Å². The number of likely N-dealkylation sites (tertiary alicyclic amines) is 1. The molecule has 3 rings (SSSR count). The maximum absolute atomic E-state index is 10.4. The van der Waals surface area contributed by atoms with Crippen LogP contribution in [0, 0.1) is 5.92 Å². The number of aliphatic hydroxyl groups excluding tert-OH is 1. The topological polar surface area (TPSA) is 52.9 Å². The van der Waals surface area contributed by atoms with Gasteiger partial charge >= 0.3 is 0 Å². The highest BCUT2D eigenvalue weighted by Gasteiger charge is 2.29. The smallest absolute Gasteiger partial charge is 0.172 e. The first-order chi connectivity index (χ1) is 12.1. The Morgan fingerprint density at radius 3 is 2.68 bits per heavy atom. The zero-order valence-corrected chi connectivity index (χ0v) is 15.9. The van der Waals surface area contributed by atoms with Gasteiger partial charge in [-0.3, -0.25) is 4.90 Å². The predicted octanol–water partition coefficient (Wildman–Crippen LogP) is 3.59. The van der Waals surface area contributed by atoms with Crippen LogP contribution in [0.2, 0.25) is 0 Å². The summed E-state index contributed by atoms with van der Waals surface area (Å²) in [5.74, 6) is 0.707. The largest absolute Gasteiger partial charge is 0.503 e. The van der Waals surface area contributed by atoms with E-state index in [1.807, 2.05) is 12.1 Å².